The van der Waals surface area contributed by atoms with Crippen LogP contribution in [0.25, 0.3) is 10.2 Å². The lowest BCUT2D eigenvalue weighted by Gasteiger charge is -2.26. The number of anilines is 3. The van der Waals surface area contributed by atoms with E-state index in [1.54, 1.807) is 11.3 Å². The van der Waals surface area contributed by atoms with Gasteiger partial charge in [-0.15, -0.1) is 0 Å². The molecule has 4 rings (SSSR count). The Morgan fingerprint density at radius 1 is 1.20 bits per heavy atom. The van der Waals surface area contributed by atoms with Crippen LogP contribution in [-0.4, -0.2) is 33.2 Å². The van der Waals surface area contributed by atoms with Gasteiger partial charge in [0.15, 0.2) is 5.13 Å². The number of carbonyl (C=O) groups excluding carboxylic acids is 1. The van der Waals surface area contributed by atoms with E-state index in [-0.39, 0.29) is 24.7 Å². The zero-order valence-corrected chi connectivity index (χ0v) is 18.9. The van der Waals surface area contributed by atoms with Crippen molar-refractivity contribution in [1.82, 2.24) is 9.97 Å². The van der Waals surface area contributed by atoms with Gasteiger partial charge in [0.25, 0.3) is 0 Å². The zero-order valence-electron chi connectivity index (χ0n) is 16.5. The molecule has 3 aromatic rings. The molecule has 0 aliphatic heterocycles. The first-order valence-corrected chi connectivity index (χ1v) is 11.5. The predicted octanol–water partition coefficient (Wildman–Crippen LogP) is 4.98. The highest BCUT2D eigenvalue weighted by Gasteiger charge is 2.20. The van der Waals surface area contributed by atoms with E-state index in [2.05, 4.69) is 36.5 Å². The number of aromatic nitrogens is 2. The molecule has 0 radical (unpaired) electrons. The molecule has 2 heterocycles. The van der Waals surface area contributed by atoms with Crippen molar-refractivity contribution < 1.29 is 14.6 Å². The SMILES string of the molecule is CC(=O)OCc1cc(Nc2nc3ccc(Br)cc3s2)nc(NC2CCC(O)CC2)c1. The van der Waals surface area contributed by atoms with Gasteiger partial charge in [0.05, 0.1) is 16.3 Å². The quantitative estimate of drug-likeness (QED) is 0.419. The third-order valence-electron chi connectivity index (χ3n) is 4.96. The Morgan fingerprint density at radius 3 is 2.73 bits per heavy atom. The highest BCUT2D eigenvalue weighted by Crippen LogP contribution is 2.31. The smallest absolute Gasteiger partial charge is 0.302 e. The number of thiazole rings is 1. The molecule has 3 N–H and O–H groups in total. The number of halogens is 1. The Balaban J connectivity index is 1.56. The predicted molar refractivity (Wildman–Crippen MR) is 122 cm³/mol. The van der Waals surface area contributed by atoms with E-state index in [0.717, 1.165) is 51.1 Å². The number of nitrogens with zero attached hydrogens (tertiary/aromatic N) is 2. The number of pyridine rings is 1. The minimum Gasteiger partial charge on any atom is -0.461 e. The van der Waals surface area contributed by atoms with Crippen LogP contribution >= 0.6 is 27.3 Å². The summed E-state index contributed by atoms with van der Waals surface area (Å²) in [7, 11) is 0. The van der Waals surface area contributed by atoms with Crippen molar-refractivity contribution in [3.8, 4) is 0 Å². The summed E-state index contributed by atoms with van der Waals surface area (Å²) in [6, 6.07) is 9.99. The molecule has 9 heteroatoms. The number of rotatable bonds is 6. The number of hydrogen-bond acceptors (Lipinski definition) is 8. The number of aliphatic hydroxyl groups excluding tert-OH is 1. The normalized spacial score (nSPS) is 18.9. The van der Waals surface area contributed by atoms with Crippen molar-refractivity contribution in [3.05, 3.63) is 40.4 Å². The fourth-order valence-electron chi connectivity index (χ4n) is 3.48. The van der Waals surface area contributed by atoms with Crippen LogP contribution in [0, 0.1) is 0 Å². The van der Waals surface area contributed by atoms with Crippen LogP contribution in [0.5, 0.6) is 0 Å². The molecular weight excluding hydrogens is 468 g/mol. The van der Waals surface area contributed by atoms with Crippen LogP contribution in [0.4, 0.5) is 16.8 Å². The van der Waals surface area contributed by atoms with E-state index in [1.165, 1.54) is 6.92 Å². The molecule has 0 spiro atoms. The van der Waals surface area contributed by atoms with Gasteiger partial charge in [0.2, 0.25) is 0 Å². The number of ether oxygens (including phenoxy) is 1. The Labute approximate surface area is 187 Å². The van der Waals surface area contributed by atoms with Crippen LogP contribution in [0.15, 0.2) is 34.8 Å². The van der Waals surface area contributed by atoms with E-state index in [0.29, 0.717) is 11.6 Å². The van der Waals surface area contributed by atoms with Gasteiger partial charge in [-0.05, 0) is 61.6 Å². The molecule has 0 unspecified atom stereocenters. The molecule has 30 heavy (non-hydrogen) atoms. The number of nitrogens with one attached hydrogen (secondary N) is 2. The Kier molecular flexibility index (Phi) is 6.50. The number of aliphatic hydroxyl groups is 1. The Hall–Kier alpha value is -2.23. The van der Waals surface area contributed by atoms with Gasteiger partial charge in [-0.2, -0.15) is 0 Å². The summed E-state index contributed by atoms with van der Waals surface area (Å²) in [5, 5.41) is 17.2. The maximum Gasteiger partial charge on any atom is 0.302 e. The summed E-state index contributed by atoms with van der Waals surface area (Å²) < 4.78 is 7.26. The lowest BCUT2D eigenvalue weighted by atomic mass is 9.93. The van der Waals surface area contributed by atoms with Gasteiger partial charge in [-0.25, -0.2) is 9.97 Å². The molecule has 1 fully saturated rings. The Bertz CT molecular complexity index is 1050. The minimum atomic E-state index is -0.325. The fraction of sp³-hybridized carbons (Fsp3) is 0.381. The first-order chi connectivity index (χ1) is 14.4. The number of fused-ring (bicyclic) bond motifs is 1. The number of hydrogen-bond donors (Lipinski definition) is 3. The summed E-state index contributed by atoms with van der Waals surface area (Å²) in [5.41, 5.74) is 1.76. The van der Waals surface area contributed by atoms with Crippen molar-refractivity contribution in [3.63, 3.8) is 0 Å². The summed E-state index contributed by atoms with van der Waals surface area (Å²) in [6.07, 6.45) is 3.16. The maximum absolute atomic E-state index is 11.2. The van der Waals surface area contributed by atoms with Gasteiger partial charge in [0, 0.05) is 17.4 Å². The van der Waals surface area contributed by atoms with Gasteiger partial charge < -0.3 is 20.5 Å². The molecule has 0 amide bonds. The second-order valence-corrected chi connectivity index (χ2v) is 9.38. The van der Waals surface area contributed by atoms with Crippen molar-refractivity contribution in [1.29, 1.82) is 0 Å². The zero-order chi connectivity index (χ0) is 21.1. The standard InChI is InChI=1S/C21H23BrN4O3S/c1-12(27)29-11-13-8-19(23-15-3-5-16(28)6-4-15)25-20(9-13)26-21-24-17-7-2-14(22)10-18(17)30-21/h2,7-10,15-16,28H,3-6,11H2,1H3,(H2,23,24,25,26). The third kappa shape index (κ3) is 5.47. The Morgan fingerprint density at radius 2 is 1.97 bits per heavy atom. The van der Waals surface area contributed by atoms with Crippen molar-refractivity contribution in [2.45, 2.75) is 51.4 Å². The topological polar surface area (TPSA) is 96.4 Å². The molecule has 2 aromatic heterocycles. The first-order valence-electron chi connectivity index (χ1n) is 9.86. The van der Waals surface area contributed by atoms with Crippen molar-refractivity contribution in [2.24, 2.45) is 0 Å². The second-order valence-electron chi connectivity index (χ2n) is 7.43. The average Bonchev–Trinajstić information content (AvgIpc) is 3.09. The molecule has 1 aliphatic rings. The summed E-state index contributed by atoms with van der Waals surface area (Å²) in [6.45, 7) is 1.57. The molecule has 7 nitrogen and oxygen atoms in total. The average molecular weight is 491 g/mol. The van der Waals surface area contributed by atoms with E-state index < -0.39 is 0 Å². The fourth-order valence-corrected chi connectivity index (χ4v) is 4.91. The minimum absolute atomic E-state index is 0.178. The van der Waals surface area contributed by atoms with E-state index in [9.17, 15) is 9.90 Å². The third-order valence-corrected chi connectivity index (χ3v) is 6.39. The van der Waals surface area contributed by atoms with E-state index >= 15 is 0 Å². The highest BCUT2D eigenvalue weighted by molar-refractivity contribution is 9.10. The van der Waals surface area contributed by atoms with Crippen molar-refractivity contribution in [2.75, 3.05) is 10.6 Å². The lowest BCUT2D eigenvalue weighted by molar-refractivity contribution is -0.142. The molecule has 0 saturated heterocycles. The van der Waals surface area contributed by atoms with Crippen LogP contribution in [0.2, 0.25) is 0 Å². The van der Waals surface area contributed by atoms with E-state index in [1.807, 2.05) is 30.3 Å². The van der Waals surface area contributed by atoms with Gasteiger partial charge in [-0.1, -0.05) is 27.3 Å². The second kappa shape index (κ2) is 9.28. The van der Waals surface area contributed by atoms with Crippen LogP contribution in [-0.2, 0) is 16.1 Å². The monoisotopic (exact) mass is 490 g/mol. The van der Waals surface area contributed by atoms with Gasteiger partial charge in [-0.3, -0.25) is 4.79 Å². The lowest BCUT2D eigenvalue weighted by Crippen LogP contribution is -2.28. The number of benzene rings is 1. The molecule has 1 aromatic carbocycles. The summed E-state index contributed by atoms with van der Waals surface area (Å²) in [4.78, 5) is 20.6. The molecule has 0 atom stereocenters. The number of esters is 1. The van der Waals surface area contributed by atoms with E-state index in [4.69, 9.17) is 4.74 Å². The van der Waals surface area contributed by atoms with Crippen LogP contribution < -0.4 is 10.6 Å². The first kappa shape index (κ1) is 21.0. The molecule has 1 aliphatic carbocycles. The largest absolute Gasteiger partial charge is 0.461 e. The van der Waals surface area contributed by atoms with Crippen LogP contribution in [0.1, 0.15) is 38.2 Å². The van der Waals surface area contributed by atoms with Crippen molar-refractivity contribution >= 4 is 60.2 Å². The molecule has 1 saturated carbocycles. The summed E-state index contributed by atoms with van der Waals surface area (Å²) in [5.74, 6) is 1.03. The van der Waals surface area contributed by atoms with Gasteiger partial charge in [0.1, 0.15) is 18.2 Å². The summed E-state index contributed by atoms with van der Waals surface area (Å²) >= 11 is 5.03. The molecular formula is C21H23BrN4O3S. The van der Waals surface area contributed by atoms with Crippen LogP contribution in [0.3, 0.4) is 0 Å². The molecule has 0 bridgehead atoms. The maximum atomic E-state index is 11.2. The molecule has 158 valence electrons. The number of carbonyl (C=O) groups is 1. The highest BCUT2D eigenvalue weighted by atomic mass is 79.9. The van der Waals surface area contributed by atoms with Gasteiger partial charge >= 0.3 is 5.97 Å².